The summed E-state index contributed by atoms with van der Waals surface area (Å²) in [5, 5.41) is 7.22. The van der Waals surface area contributed by atoms with Gasteiger partial charge in [-0.05, 0) is 67.1 Å². The molecule has 1 fully saturated rings. The van der Waals surface area contributed by atoms with E-state index in [1.54, 1.807) is 5.01 Å². The van der Waals surface area contributed by atoms with Crippen molar-refractivity contribution in [3.05, 3.63) is 107 Å². The molecule has 0 unspecified atom stereocenters. The highest BCUT2D eigenvalue weighted by molar-refractivity contribution is 6.30. The molecule has 2 heterocycles. The van der Waals surface area contributed by atoms with Crippen LogP contribution in [-0.4, -0.2) is 41.2 Å². The molecule has 1 saturated heterocycles. The van der Waals surface area contributed by atoms with Gasteiger partial charge in [0.15, 0.2) is 0 Å². The van der Waals surface area contributed by atoms with E-state index in [0.717, 1.165) is 49.2 Å². The van der Waals surface area contributed by atoms with Crippen LogP contribution in [0.15, 0.2) is 90.0 Å². The van der Waals surface area contributed by atoms with Crippen LogP contribution in [0.2, 0.25) is 5.02 Å². The first-order valence-electron chi connectivity index (χ1n) is 12.1. The summed E-state index contributed by atoms with van der Waals surface area (Å²) >= 11 is 6.12. The molecule has 2 aliphatic heterocycles. The molecule has 4 nitrogen and oxygen atoms in total. The van der Waals surface area contributed by atoms with Crippen LogP contribution < -0.4 is 0 Å². The molecular formula is C29H30ClN3O. The number of nitrogens with zero attached hydrogens (tertiary/aromatic N) is 3. The number of hydrogen-bond donors (Lipinski definition) is 0. The summed E-state index contributed by atoms with van der Waals surface area (Å²) in [5.41, 5.74) is 4.49. The lowest BCUT2D eigenvalue weighted by atomic mass is 9.90. The highest BCUT2D eigenvalue weighted by Gasteiger charge is 2.34. The van der Waals surface area contributed by atoms with Crippen molar-refractivity contribution in [2.45, 2.75) is 31.7 Å². The Morgan fingerprint density at radius 2 is 1.53 bits per heavy atom. The summed E-state index contributed by atoms with van der Waals surface area (Å²) in [4.78, 5) is 15.8. The third kappa shape index (κ3) is 5.40. The van der Waals surface area contributed by atoms with E-state index in [1.165, 1.54) is 5.56 Å². The summed E-state index contributed by atoms with van der Waals surface area (Å²) in [6.07, 6.45) is 4.08. The Balaban J connectivity index is 1.25. The molecule has 0 N–H and O–H groups in total. The molecule has 0 saturated carbocycles. The van der Waals surface area contributed by atoms with Gasteiger partial charge < -0.3 is 0 Å². The second-order valence-electron chi connectivity index (χ2n) is 9.33. The number of amides is 1. The third-order valence-electron chi connectivity index (χ3n) is 6.96. The molecule has 0 radical (unpaired) electrons. The monoisotopic (exact) mass is 471 g/mol. The van der Waals surface area contributed by atoms with Gasteiger partial charge in [-0.3, -0.25) is 9.69 Å². The van der Waals surface area contributed by atoms with E-state index in [4.69, 9.17) is 16.7 Å². The molecule has 0 spiro atoms. The second-order valence-corrected chi connectivity index (χ2v) is 9.77. The van der Waals surface area contributed by atoms with Crippen LogP contribution in [0.4, 0.5) is 0 Å². The normalized spacial score (nSPS) is 19.3. The van der Waals surface area contributed by atoms with Gasteiger partial charge in [-0.1, -0.05) is 84.4 Å². The summed E-state index contributed by atoms with van der Waals surface area (Å²) in [6, 6.07) is 28.5. The number of rotatable bonds is 6. The number of benzene rings is 3. The fraction of sp³-hybridized carbons (Fsp3) is 0.310. The Labute approximate surface area is 206 Å². The standard InChI is InChI=1S/C29H30ClN3O/c30-26-13-11-25(12-14-26)28-20-27(24-9-5-2-6-10-24)31-33(28)29(34)21-32-17-15-23(16-18-32)19-22-7-3-1-4-8-22/h1-14,23,28H,15-21H2/t28-/m1/s1. The smallest absolute Gasteiger partial charge is 0.257 e. The highest BCUT2D eigenvalue weighted by Crippen LogP contribution is 2.33. The highest BCUT2D eigenvalue weighted by atomic mass is 35.5. The van der Waals surface area contributed by atoms with Crippen molar-refractivity contribution in [1.82, 2.24) is 9.91 Å². The molecule has 1 amide bonds. The zero-order chi connectivity index (χ0) is 23.3. The number of likely N-dealkylation sites (tertiary alicyclic amines) is 1. The van der Waals surface area contributed by atoms with Crippen LogP contribution in [0.3, 0.4) is 0 Å². The minimum absolute atomic E-state index is 0.0624. The fourth-order valence-corrected chi connectivity index (χ4v) is 5.18. The minimum Gasteiger partial charge on any atom is -0.294 e. The van der Waals surface area contributed by atoms with Crippen LogP contribution in [0.1, 0.15) is 42.0 Å². The van der Waals surface area contributed by atoms with Crippen molar-refractivity contribution in [1.29, 1.82) is 0 Å². The van der Waals surface area contributed by atoms with E-state index in [-0.39, 0.29) is 11.9 Å². The largest absolute Gasteiger partial charge is 0.294 e. The quantitative estimate of drug-likeness (QED) is 0.444. The van der Waals surface area contributed by atoms with Gasteiger partial charge in [0.1, 0.15) is 0 Å². The summed E-state index contributed by atoms with van der Waals surface area (Å²) in [5.74, 6) is 0.748. The maximum absolute atomic E-state index is 13.5. The number of carbonyl (C=O) groups excluding carboxylic acids is 1. The number of carbonyl (C=O) groups is 1. The molecule has 0 aromatic heterocycles. The SMILES string of the molecule is O=C(CN1CCC(Cc2ccccc2)CC1)N1N=C(c2ccccc2)C[C@@H]1c1ccc(Cl)cc1. The van der Waals surface area contributed by atoms with Gasteiger partial charge in [0.25, 0.3) is 5.91 Å². The summed E-state index contributed by atoms with van der Waals surface area (Å²) < 4.78 is 0. The van der Waals surface area contributed by atoms with E-state index < -0.39 is 0 Å². The minimum atomic E-state index is -0.101. The van der Waals surface area contributed by atoms with Gasteiger partial charge in [0.05, 0.1) is 18.3 Å². The van der Waals surface area contributed by atoms with Crippen molar-refractivity contribution in [3.8, 4) is 0 Å². The lowest BCUT2D eigenvalue weighted by Gasteiger charge is -2.33. The van der Waals surface area contributed by atoms with Gasteiger partial charge in [0, 0.05) is 11.4 Å². The van der Waals surface area contributed by atoms with Crippen molar-refractivity contribution in [3.63, 3.8) is 0 Å². The van der Waals surface area contributed by atoms with Gasteiger partial charge in [-0.25, -0.2) is 5.01 Å². The van der Waals surface area contributed by atoms with Crippen LogP contribution >= 0.6 is 11.6 Å². The van der Waals surface area contributed by atoms with Crippen LogP contribution in [0.25, 0.3) is 0 Å². The molecule has 174 valence electrons. The fourth-order valence-electron chi connectivity index (χ4n) is 5.05. The van der Waals surface area contributed by atoms with E-state index in [2.05, 4.69) is 47.4 Å². The van der Waals surface area contributed by atoms with Crippen molar-refractivity contribution in [2.24, 2.45) is 11.0 Å². The topological polar surface area (TPSA) is 35.9 Å². The Morgan fingerprint density at radius 3 is 2.21 bits per heavy atom. The molecule has 0 bridgehead atoms. The van der Waals surface area contributed by atoms with Crippen molar-refractivity contribution < 1.29 is 4.79 Å². The van der Waals surface area contributed by atoms with Crippen molar-refractivity contribution >= 4 is 23.2 Å². The van der Waals surface area contributed by atoms with Gasteiger partial charge in [-0.15, -0.1) is 0 Å². The first-order valence-corrected chi connectivity index (χ1v) is 12.5. The predicted molar refractivity (Wildman–Crippen MR) is 138 cm³/mol. The van der Waals surface area contributed by atoms with Crippen LogP contribution in [0, 0.1) is 5.92 Å². The molecule has 5 rings (SSSR count). The maximum atomic E-state index is 13.5. The lowest BCUT2D eigenvalue weighted by Crippen LogP contribution is -2.42. The molecule has 2 aliphatic rings. The number of piperidine rings is 1. The first kappa shape index (κ1) is 22.8. The number of hydrazone groups is 1. The van der Waals surface area contributed by atoms with Crippen LogP contribution in [-0.2, 0) is 11.2 Å². The molecule has 3 aromatic rings. The molecule has 3 aromatic carbocycles. The average molecular weight is 472 g/mol. The van der Waals surface area contributed by atoms with E-state index in [1.807, 2.05) is 42.5 Å². The Bertz CT molecular complexity index is 1120. The Kier molecular flexibility index (Phi) is 7.08. The first-order chi connectivity index (χ1) is 16.7. The van der Waals surface area contributed by atoms with E-state index in [9.17, 15) is 4.79 Å². The average Bonchev–Trinajstić information content (AvgIpc) is 3.33. The maximum Gasteiger partial charge on any atom is 0.257 e. The van der Waals surface area contributed by atoms with Crippen molar-refractivity contribution in [2.75, 3.05) is 19.6 Å². The van der Waals surface area contributed by atoms with Gasteiger partial charge >= 0.3 is 0 Å². The van der Waals surface area contributed by atoms with Crippen LogP contribution in [0.5, 0.6) is 0 Å². The second kappa shape index (κ2) is 10.5. The zero-order valence-electron chi connectivity index (χ0n) is 19.3. The number of halogens is 1. The van der Waals surface area contributed by atoms with E-state index >= 15 is 0 Å². The molecule has 5 heteroatoms. The molecular weight excluding hydrogens is 442 g/mol. The van der Waals surface area contributed by atoms with Gasteiger partial charge in [-0.2, -0.15) is 5.10 Å². The molecule has 34 heavy (non-hydrogen) atoms. The lowest BCUT2D eigenvalue weighted by molar-refractivity contribution is -0.134. The summed E-state index contributed by atoms with van der Waals surface area (Å²) in [6.45, 7) is 2.32. The van der Waals surface area contributed by atoms with Gasteiger partial charge in [0.2, 0.25) is 0 Å². The Hall–Kier alpha value is -2.95. The van der Waals surface area contributed by atoms with E-state index in [0.29, 0.717) is 23.9 Å². The summed E-state index contributed by atoms with van der Waals surface area (Å²) in [7, 11) is 0. The predicted octanol–water partition coefficient (Wildman–Crippen LogP) is 5.97. The Morgan fingerprint density at radius 1 is 0.882 bits per heavy atom. The third-order valence-corrected chi connectivity index (χ3v) is 7.21. The molecule has 0 aliphatic carbocycles. The number of hydrogen-bond acceptors (Lipinski definition) is 3. The zero-order valence-corrected chi connectivity index (χ0v) is 20.1. The molecule has 1 atom stereocenters.